The second-order valence-corrected chi connectivity index (χ2v) is 5.53. The monoisotopic (exact) mass is 324 g/mol. The van der Waals surface area contributed by atoms with Gasteiger partial charge in [0.25, 0.3) is 0 Å². The van der Waals surface area contributed by atoms with E-state index < -0.39 is 0 Å². The van der Waals surface area contributed by atoms with Crippen LogP contribution in [0.4, 0.5) is 4.39 Å². The Kier molecular flexibility index (Phi) is 9.24. The molecule has 0 heterocycles. The maximum absolute atomic E-state index is 13.5. The number of aliphatic imine (C=N–C) groups is 1. The minimum absolute atomic E-state index is 0.0279. The molecule has 1 aromatic rings. The van der Waals surface area contributed by atoms with Gasteiger partial charge in [0.1, 0.15) is 5.82 Å². The second kappa shape index (κ2) is 11.0. The van der Waals surface area contributed by atoms with Gasteiger partial charge < -0.3 is 20.3 Å². The van der Waals surface area contributed by atoms with Gasteiger partial charge in [-0.25, -0.2) is 4.39 Å². The molecule has 0 fully saturated rings. The van der Waals surface area contributed by atoms with Gasteiger partial charge in [-0.05, 0) is 45.1 Å². The summed E-state index contributed by atoms with van der Waals surface area (Å²) in [6.45, 7) is 4.89. The first-order valence-corrected chi connectivity index (χ1v) is 8.01. The number of methoxy groups -OCH3 is 1. The lowest BCUT2D eigenvalue weighted by Gasteiger charge is -2.23. The van der Waals surface area contributed by atoms with Crippen molar-refractivity contribution in [2.75, 3.05) is 47.4 Å². The third kappa shape index (κ3) is 7.43. The highest BCUT2D eigenvalue weighted by molar-refractivity contribution is 5.79. The van der Waals surface area contributed by atoms with Crippen molar-refractivity contribution in [3.05, 3.63) is 35.6 Å². The molecule has 0 amide bonds. The van der Waals surface area contributed by atoms with Gasteiger partial charge in [0.2, 0.25) is 0 Å². The zero-order chi connectivity index (χ0) is 17.1. The molecule has 1 aromatic carbocycles. The summed E-state index contributed by atoms with van der Waals surface area (Å²) in [7, 11) is 5.65. The number of rotatable bonds is 9. The zero-order valence-corrected chi connectivity index (χ0v) is 14.6. The van der Waals surface area contributed by atoms with Crippen LogP contribution < -0.4 is 10.6 Å². The minimum Gasteiger partial charge on any atom is -0.385 e. The molecule has 2 N–H and O–H groups in total. The molecule has 1 rings (SSSR count). The Labute approximate surface area is 138 Å². The number of nitrogens with zero attached hydrogens (tertiary/aromatic N) is 2. The van der Waals surface area contributed by atoms with Gasteiger partial charge in [-0.15, -0.1) is 0 Å². The maximum Gasteiger partial charge on any atom is 0.191 e. The smallest absolute Gasteiger partial charge is 0.191 e. The predicted molar refractivity (Wildman–Crippen MR) is 93.3 cm³/mol. The maximum atomic E-state index is 13.5. The van der Waals surface area contributed by atoms with E-state index in [1.54, 1.807) is 19.2 Å². The van der Waals surface area contributed by atoms with Gasteiger partial charge in [0.15, 0.2) is 5.96 Å². The number of hydrogen-bond donors (Lipinski definition) is 2. The van der Waals surface area contributed by atoms with Crippen molar-refractivity contribution in [1.82, 2.24) is 15.5 Å². The van der Waals surface area contributed by atoms with Crippen LogP contribution in [0.15, 0.2) is 29.3 Å². The number of guanidine groups is 1. The number of nitrogens with one attached hydrogen (secondary N) is 2. The van der Waals surface area contributed by atoms with E-state index in [1.807, 2.05) is 32.0 Å². The summed E-state index contributed by atoms with van der Waals surface area (Å²) < 4.78 is 18.5. The van der Waals surface area contributed by atoms with E-state index in [0.717, 1.165) is 37.6 Å². The van der Waals surface area contributed by atoms with E-state index in [9.17, 15) is 4.39 Å². The fourth-order valence-electron chi connectivity index (χ4n) is 2.22. The fourth-order valence-corrected chi connectivity index (χ4v) is 2.22. The van der Waals surface area contributed by atoms with Crippen LogP contribution in [0.25, 0.3) is 0 Å². The Hall–Kier alpha value is -1.66. The number of likely N-dealkylation sites (N-methyl/N-ethyl adjacent to an activating group) is 1. The molecule has 0 spiro atoms. The quantitative estimate of drug-likeness (QED) is 0.414. The summed E-state index contributed by atoms with van der Waals surface area (Å²) in [6.07, 6.45) is 0.919. The summed E-state index contributed by atoms with van der Waals surface area (Å²) in [4.78, 5) is 6.68. The average Bonchev–Trinajstić information content (AvgIpc) is 2.51. The molecule has 0 bridgehead atoms. The molecule has 0 aromatic heterocycles. The van der Waals surface area contributed by atoms with E-state index in [1.165, 1.54) is 6.07 Å². The lowest BCUT2D eigenvalue weighted by Crippen LogP contribution is -2.38. The number of ether oxygens (including phenoxy) is 1. The van der Waals surface area contributed by atoms with E-state index >= 15 is 0 Å². The van der Waals surface area contributed by atoms with Crippen molar-refractivity contribution >= 4 is 5.96 Å². The Morgan fingerprint density at radius 2 is 2.13 bits per heavy atom. The van der Waals surface area contributed by atoms with Gasteiger partial charge >= 0.3 is 0 Å². The van der Waals surface area contributed by atoms with E-state index in [-0.39, 0.29) is 11.9 Å². The molecule has 130 valence electrons. The molecule has 1 atom stereocenters. The van der Waals surface area contributed by atoms with Crippen molar-refractivity contribution in [3.63, 3.8) is 0 Å². The first kappa shape index (κ1) is 19.4. The van der Waals surface area contributed by atoms with Crippen LogP contribution in [0.1, 0.15) is 24.9 Å². The summed E-state index contributed by atoms with van der Waals surface area (Å²) in [5.41, 5.74) is 0.925. The highest BCUT2D eigenvalue weighted by Crippen LogP contribution is 2.19. The molecule has 0 aliphatic rings. The molecule has 6 heteroatoms. The molecule has 1 unspecified atom stereocenters. The molecule has 0 saturated carbocycles. The Balaban J connectivity index is 2.72. The standard InChI is InChI=1S/C17H29FN4O/c1-5-19-17(20-10-7-11-23-4)21-13-16(22(2)3)14-8-6-9-15(18)12-14/h6,8-9,12,16H,5,7,10-11,13H2,1-4H3,(H2,19,20,21). The first-order valence-electron chi connectivity index (χ1n) is 8.01. The van der Waals surface area contributed by atoms with Crippen LogP contribution in [0.3, 0.4) is 0 Å². The average molecular weight is 324 g/mol. The lowest BCUT2D eigenvalue weighted by atomic mass is 10.1. The van der Waals surface area contributed by atoms with Crippen molar-refractivity contribution in [2.45, 2.75) is 19.4 Å². The largest absolute Gasteiger partial charge is 0.385 e. The Morgan fingerprint density at radius 1 is 1.35 bits per heavy atom. The van der Waals surface area contributed by atoms with E-state index in [2.05, 4.69) is 15.6 Å². The Bertz CT molecular complexity index is 479. The van der Waals surface area contributed by atoms with Gasteiger partial charge in [-0.3, -0.25) is 4.99 Å². The molecular formula is C17H29FN4O. The van der Waals surface area contributed by atoms with E-state index in [0.29, 0.717) is 6.54 Å². The van der Waals surface area contributed by atoms with Crippen LogP contribution in [0.5, 0.6) is 0 Å². The molecule has 0 saturated heterocycles. The second-order valence-electron chi connectivity index (χ2n) is 5.53. The van der Waals surface area contributed by atoms with Crippen molar-refractivity contribution in [3.8, 4) is 0 Å². The van der Waals surface area contributed by atoms with Crippen LogP contribution >= 0.6 is 0 Å². The molecule has 0 aliphatic heterocycles. The molecule has 0 radical (unpaired) electrons. The summed E-state index contributed by atoms with van der Waals surface area (Å²) in [5.74, 6) is 0.551. The highest BCUT2D eigenvalue weighted by atomic mass is 19.1. The number of halogens is 1. The Morgan fingerprint density at radius 3 is 2.74 bits per heavy atom. The zero-order valence-electron chi connectivity index (χ0n) is 14.6. The first-order chi connectivity index (χ1) is 11.1. The lowest BCUT2D eigenvalue weighted by molar-refractivity contribution is 0.195. The number of benzene rings is 1. The van der Waals surface area contributed by atoms with Crippen molar-refractivity contribution in [1.29, 1.82) is 0 Å². The summed E-state index contributed by atoms with van der Waals surface area (Å²) >= 11 is 0. The third-order valence-corrected chi connectivity index (χ3v) is 3.44. The normalized spacial score (nSPS) is 13.2. The molecular weight excluding hydrogens is 295 g/mol. The van der Waals surface area contributed by atoms with Crippen LogP contribution in [-0.2, 0) is 4.74 Å². The number of hydrogen-bond acceptors (Lipinski definition) is 3. The summed E-state index contributed by atoms with van der Waals surface area (Å²) in [5, 5.41) is 6.50. The van der Waals surface area contributed by atoms with Crippen LogP contribution in [0.2, 0.25) is 0 Å². The van der Waals surface area contributed by atoms with Gasteiger partial charge in [0, 0.05) is 26.8 Å². The fraction of sp³-hybridized carbons (Fsp3) is 0.588. The van der Waals surface area contributed by atoms with Crippen molar-refractivity contribution in [2.24, 2.45) is 4.99 Å². The summed E-state index contributed by atoms with van der Waals surface area (Å²) in [6, 6.07) is 6.72. The van der Waals surface area contributed by atoms with E-state index in [4.69, 9.17) is 4.74 Å². The third-order valence-electron chi connectivity index (χ3n) is 3.44. The molecule has 23 heavy (non-hydrogen) atoms. The van der Waals surface area contributed by atoms with Crippen LogP contribution in [-0.4, -0.2) is 58.3 Å². The van der Waals surface area contributed by atoms with Crippen LogP contribution in [0, 0.1) is 5.82 Å². The highest BCUT2D eigenvalue weighted by Gasteiger charge is 2.14. The molecule has 5 nitrogen and oxygen atoms in total. The topological polar surface area (TPSA) is 48.9 Å². The minimum atomic E-state index is -0.220. The van der Waals surface area contributed by atoms with Gasteiger partial charge in [-0.2, -0.15) is 0 Å². The SMILES string of the molecule is CCNC(=NCC(c1cccc(F)c1)N(C)C)NCCCOC. The molecule has 0 aliphatic carbocycles. The predicted octanol–water partition coefficient (Wildman–Crippen LogP) is 2.02. The van der Waals surface area contributed by atoms with Crippen molar-refractivity contribution < 1.29 is 9.13 Å². The van der Waals surface area contributed by atoms with Gasteiger partial charge in [0.05, 0.1) is 12.6 Å². The van der Waals surface area contributed by atoms with Gasteiger partial charge in [-0.1, -0.05) is 12.1 Å².